The van der Waals surface area contributed by atoms with E-state index in [2.05, 4.69) is 32.3 Å². The summed E-state index contributed by atoms with van der Waals surface area (Å²) in [6.07, 6.45) is 1.03. The van der Waals surface area contributed by atoms with Crippen molar-refractivity contribution in [1.82, 2.24) is 14.9 Å². The highest BCUT2D eigenvalue weighted by atomic mass is 35.5. The SMILES string of the molecule is CC(C)(N)c1ccc(-c2nc(Nc3ccc(CCN4CCSCC4)cc3)[nH]c(=O)c2Cl)cc1. The fourth-order valence-corrected chi connectivity index (χ4v) is 4.95. The summed E-state index contributed by atoms with van der Waals surface area (Å²) in [6, 6.07) is 15.9. The molecule has 1 aliphatic heterocycles. The van der Waals surface area contributed by atoms with E-state index in [-0.39, 0.29) is 10.6 Å². The van der Waals surface area contributed by atoms with E-state index in [9.17, 15) is 4.79 Å². The minimum absolute atomic E-state index is 0.0618. The van der Waals surface area contributed by atoms with Crippen LogP contribution in [0.3, 0.4) is 0 Å². The fraction of sp³-hybridized carbons (Fsp3) is 0.360. The third kappa shape index (κ3) is 6.18. The summed E-state index contributed by atoms with van der Waals surface area (Å²) >= 11 is 8.32. The van der Waals surface area contributed by atoms with E-state index >= 15 is 0 Å². The second-order valence-electron chi connectivity index (χ2n) is 8.90. The van der Waals surface area contributed by atoms with Gasteiger partial charge in [-0.1, -0.05) is 48.0 Å². The standard InChI is InChI=1S/C25H30ClN5OS/c1-25(2,27)19-7-5-18(6-8-19)22-21(26)23(32)30-24(29-22)28-20-9-3-17(4-10-20)11-12-31-13-15-33-16-14-31/h3-10H,11-16,27H2,1-2H3,(H2,28,29,30,32). The number of thioether (sulfide) groups is 1. The predicted octanol–water partition coefficient (Wildman–Crippen LogP) is 4.62. The lowest BCUT2D eigenvalue weighted by Crippen LogP contribution is -2.34. The van der Waals surface area contributed by atoms with Crippen LogP contribution < -0.4 is 16.6 Å². The largest absolute Gasteiger partial charge is 0.326 e. The average molecular weight is 484 g/mol. The second-order valence-corrected chi connectivity index (χ2v) is 10.5. The Balaban J connectivity index is 1.47. The van der Waals surface area contributed by atoms with Crippen LogP contribution in [0.25, 0.3) is 11.3 Å². The van der Waals surface area contributed by atoms with E-state index in [1.165, 1.54) is 30.2 Å². The monoisotopic (exact) mass is 483 g/mol. The number of H-pyrrole nitrogens is 1. The molecule has 2 heterocycles. The molecule has 1 aliphatic rings. The molecule has 0 bridgehead atoms. The van der Waals surface area contributed by atoms with E-state index in [1.807, 2.05) is 62.0 Å². The highest BCUT2D eigenvalue weighted by Gasteiger charge is 2.16. The molecule has 6 nitrogen and oxygen atoms in total. The zero-order chi connectivity index (χ0) is 23.4. The van der Waals surface area contributed by atoms with Gasteiger partial charge < -0.3 is 16.0 Å². The number of nitrogens with two attached hydrogens (primary N) is 1. The number of anilines is 2. The average Bonchev–Trinajstić information content (AvgIpc) is 2.81. The van der Waals surface area contributed by atoms with Crippen molar-refractivity contribution in [3.63, 3.8) is 0 Å². The predicted molar refractivity (Wildman–Crippen MR) is 140 cm³/mol. The molecular weight excluding hydrogens is 454 g/mol. The molecule has 3 aromatic rings. The number of aromatic nitrogens is 2. The molecule has 2 aromatic carbocycles. The minimum atomic E-state index is -0.449. The van der Waals surface area contributed by atoms with Gasteiger partial charge in [-0.3, -0.25) is 9.78 Å². The highest BCUT2D eigenvalue weighted by Crippen LogP contribution is 2.27. The number of nitrogens with one attached hydrogen (secondary N) is 2. The Morgan fingerprint density at radius 1 is 1.12 bits per heavy atom. The molecule has 174 valence electrons. The molecule has 0 aliphatic carbocycles. The van der Waals surface area contributed by atoms with E-state index in [0.29, 0.717) is 11.6 Å². The van der Waals surface area contributed by atoms with Crippen LogP contribution in [0.4, 0.5) is 11.6 Å². The Bertz CT molecular complexity index is 1130. The maximum Gasteiger partial charge on any atom is 0.271 e. The Hall–Kier alpha value is -2.32. The zero-order valence-corrected chi connectivity index (χ0v) is 20.6. The number of hydrogen-bond donors (Lipinski definition) is 3. The summed E-state index contributed by atoms with van der Waals surface area (Å²) in [5.41, 5.74) is 9.66. The second kappa shape index (κ2) is 10.3. The van der Waals surface area contributed by atoms with Gasteiger partial charge >= 0.3 is 0 Å². The number of halogens is 1. The maximum atomic E-state index is 12.4. The molecule has 0 radical (unpaired) electrons. The van der Waals surface area contributed by atoms with Gasteiger partial charge in [-0.2, -0.15) is 11.8 Å². The molecule has 0 spiro atoms. The summed E-state index contributed by atoms with van der Waals surface area (Å²) < 4.78 is 0. The lowest BCUT2D eigenvalue weighted by atomic mass is 9.94. The van der Waals surface area contributed by atoms with Crippen LogP contribution in [0.5, 0.6) is 0 Å². The highest BCUT2D eigenvalue weighted by molar-refractivity contribution is 7.99. The molecule has 33 heavy (non-hydrogen) atoms. The molecule has 1 fully saturated rings. The van der Waals surface area contributed by atoms with Gasteiger partial charge in [0.25, 0.3) is 5.56 Å². The molecule has 8 heteroatoms. The Morgan fingerprint density at radius 3 is 2.42 bits per heavy atom. The van der Waals surface area contributed by atoms with E-state index in [4.69, 9.17) is 17.3 Å². The molecule has 4 N–H and O–H groups in total. The van der Waals surface area contributed by atoms with Crippen LogP contribution in [0.1, 0.15) is 25.0 Å². The van der Waals surface area contributed by atoms with E-state index < -0.39 is 5.54 Å². The first-order chi connectivity index (χ1) is 15.8. The number of benzene rings is 2. The van der Waals surface area contributed by atoms with Gasteiger partial charge in [-0.25, -0.2) is 4.98 Å². The number of nitrogens with zero attached hydrogens (tertiary/aromatic N) is 2. The van der Waals surface area contributed by atoms with Gasteiger partial charge in [0, 0.05) is 47.9 Å². The van der Waals surface area contributed by atoms with Crippen molar-refractivity contribution < 1.29 is 0 Å². The van der Waals surface area contributed by atoms with Crippen LogP contribution in [-0.2, 0) is 12.0 Å². The van der Waals surface area contributed by atoms with Crippen LogP contribution in [0.2, 0.25) is 5.02 Å². The summed E-state index contributed by atoms with van der Waals surface area (Å²) in [4.78, 5) is 22.3. The first-order valence-corrected chi connectivity index (χ1v) is 12.7. The minimum Gasteiger partial charge on any atom is -0.326 e. The Morgan fingerprint density at radius 2 is 1.79 bits per heavy atom. The van der Waals surface area contributed by atoms with Crippen LogP contribution in [0.15, 0.2) is 53.3 Å². The first-order valence-electron chi connectivity index (χ1n) is 11.2. The van der Waals surface area contributed by atoms with Crippen LogP contribution >= 0.6 is 23.4 Å². The maximum absolute atomic E-state index is 12.4. The fourth-order valence-electron chi connectivity index (χ4n) is 3.77. The van der Waals surface area contributed by atoms with Gasteiger partial charge in [0.2, 0.25) is 5.95 Å². The van der Waals surface area contributed by atoms with E-state index in [1.54, 1.807) is 0 Å². The van der Waals surface area contributed by atoms with Crippen molar-refractivity contribution in [3.05, 3.63) is 75.0 Å². The first kappa shape index (κ1) is 23.8. The molecule has 4 rings (SSSR count). The normalized spacial score (nSPS) is 14.9. The van der Waals surface area contributed by atoms with Crippen molar-refractivity contribution in [2.24, 2.45) is 5.73 Å². The zero-order valence-electron chi connectivity index (χ0n) is 19.0. The van der Waals surface area contributed by atoms with Crippen molar-refractivity contribution in [2.75, 3.05) is 36.5 Å². The topological polar surface area (TPSA) is 87.0 Å². The van der Waals surface area contributed by atoms with Crippen LogP contribution in [-0.4, -0.2) is 46.0 Å². The van der Waals surface area contributed by atoms with Gasteiger partial charge in [0.1, 0.15) is 5.02 Å². The third-order valence-electron chi connectivity index (χ3n) is 5.80. The van der Waals surface area contributed by atoms with Gasteiger partial charge in [0.15, 0.2) is 0 Å². The van der Waals surface area contributed by atoms with Crippen molar-refractivity contribution in [3.8, 4) is 11.3 Å². The smallest absolute Gasteiger partial charge is 0.271 e. The van der Waals surface area contributed by atoms with Crippen molar-refractivity contribution in [2.45, 2.75) is 25.8 Å². The number of hydrogen-bond acceptors (Lipinski definition) is 6. The lowest BCUT2D eigenvalue weighted by molar-refractivity contribution is 0.306. The van der Waals surface area contributed by atoms with Gasteiger partial charge in [0.05, 0.1) is 5.69 Å². The summed E-state index contributed by atoms with van der Waals surface area (Å²) in [6.45, 7) is 7.33. The summed E-state index contributed by atoms with van der Waals surface area (Å²) in [5.74, 6) is 2.81. The van der Waals surface area contributed by atoms with Crippen molar-refractivity contribution >= 4 is 35.0 Å². The summed E-state index contributed by atoms with van der Waals surface area (Å²) in [5, 5.41) is 3.25. The van der Waals surface area contributed by atoms with Gasteiger partial charge in [-0.15, -0.1) is 0 Å². The molecular formula is C25H30ClN5OS. The molecule has 0 amide bonds. The molecule has 1 aromatic heterocycles. The Labute approximate surface area is 204 Å². The van der Waals surface area contributed by atoms with E-state index in [0.717, 1.165) is 29.8 Å². The van der Waals surface area contributed by atoms with Gasteiger partial charge in [-0.05, 0) is 43.5 Å². The third-order valence-corrected chi connectivity index (χ3v) is 7.10. The number of aromatic amines is 1. The quantitative estimate of drug-likeness (QED) is 0.454. The molecule has 0 atom stereocenters. The van der Waals surface area contributed by atoms with Crippen molar-refractivity contribution in [1.29, 1.82) is 0 Å². The molecule has 1 saturated heterocycles. The number of rotatable bonds is 7. The molecule has 0 unspecified atom stereocenters. The molecule has 0 saturated carbocycles. The lowest BCUT2D eigenvalue weighted by Gasteiger charge is -2.26. The Kier molecular flexibility index (Phi) is 7.44. The van der Waals surface area contributed by atoms with Crippen LogP contribution in [0, 0.1) is 0 Å². The summed E-state index contributed by atoms with van der Waals surface area (Å²) in [7, 11) is 0.